The van der Waals surface area contributed by atoms with Crippen LogP contribution in [0.4, 0.5) is 0 Å². The van der Waals surface area contributed by atoms with E-state index in [0.717, 1.165) is 31.1 Å². The van der Waals surface area contributed by atoms with E-state index < -0.39 is 0 Å². The third-order valence-corrected chi connectivity index (χ3v) is 3.66. The molecule has 0 radical (unpaired) electrons. The van der Waals surface area contributed by atoms with Gasteiger partial charge in [0.1, 0.15) is 5.78 Å². The molecule has 0 aromatic carbocycles. The summed E-state index contributed by atoms with van der Waals surface area (Å²) in [4.78, 5) is 11.9. The quantitative estimate of drug-likeness (QED) is 0.673. The van der Waals surface area contributed by atoms with Gasteiger partial charge < -0.3 is 0 Å². The molecule has 0 aliphatic heterocycles. The summed E-state index contributed by atoms with van der Waals surface area (Å²) in [6, 6.07) is 0. The maximum atomic E-state index is 11.9. The molecule has 0 heterocycles. The molecule has 0 N–H and O–H groups in total. The summed E-state index contributed by atoms with van der Waals surface area (Å²) in [7, 11) is 0. The van der Waals surface area contributed by atoms with Gasteiger partial charge in [0, 0.05) is 12.3 Å². The fourth-order valence-electron chi connectivity index (χ4n) is 2.41. The van der Waals surface area contributed by atoms with Gasteiger partial charge in [-0.2, -0.15) is 0 Å². The lowest BCUT2D eigenvalue weighted by Crippen LogP contribution is -2.27. The molecular formula is C13H24O. The molecule has 82 valence electrons. The van der Waals surface area contributed by atoms with Gasteiger partial charge in [-0.05, 0) is 37.0 Å². The zero-order chi connectivity index (χ0) is 10.7. The van der Waals surface area contributed by atoms with Crippen molar-refractivity contribution in [2.45, 2.75) is 53.4 Å². The first-order valence-electron chi connectivity index (χ1n) is 6.03. The molecule has 0 amide bonds. The number of hydrogen-bond acceptors (Lipinski definition) is 1. The van der Waals surface area contributed by atoms with E-state index in [2.05, 4.69) is 27.7 Å². The summed E-state index contributed by atoms with van der Waals surface area (Å²) < 4.78 is 0. The predicted molar refractivity (Wildman–Crippen MR) is 60.1 cm³/mol. The van der Waals surface area contributed by atoms with Crippen LogP contribution in [0.3, 0.4) is 0 Å². The molecule has 1 fully saturated rings. The number of ketones is 1. The van der Waals surface area contributed by atoms with Crippen molar-refractivity contribution in [2.24, 2.45) is 23.7 Å². The SMILES string of the molecule is CC(C)CC(=O)C1CCC(C)C(C)C1. The Hall–Kier alpha value is -0.330. The molecule has 0 aromatic heterocycles. The minimum absolute atomic E-state index is 0.378. The van der Waals surface area contributed by atoms with Crippen molar-refractivity contribution in [3.05, 3.63) is 0 Å². The highest BCUT2D eigenvalue weighted by molar-refractivity contribution is 5.81. The van der Waals surface area contributed by atoms with E-state index in [4.69, 9.17) is 0 Å². The van der Waals surface area contributed by atoms with Gasteiger partial charge in [0.25, 0.3) is 0 Å². The lowest BCUT2D eigenvalue weighted by Gasteiger charge is -2.31. The monoisotopic (exact) mass is 196 g/mol. The fraction of sp³-hybridized carbons (Fsp3) is 0.923. The summed E-state index contributed by atoms with van der Waals surface area (Å²) >= 11 is 0. The van der Waals surface area contributed by atoms with Crippen LogP contribution in [0.25, 0.3) is 0 Å². The van der Waals surface area contributed by atoms with Gasteiger partial charge in [-0.3, -0.25) is 4.79 Å². The number of carbonyl (C=O) groups is 1. The second-order valence-electron chi connectivity index (χ2n) is 5.53. The molecule has 1 nitrogen and oxygen atoms in total. The Balaban J connectivity index is 2.42. The Kier molecular flexibility index (Phi) is 4.15. The first-order chi connectivity index (χ1) is 6.50. The van der Waals surface area contributed by atoms with Crippen molar-refractivity contribution in [1.82, 2.24) is 0 Å². The molecule has 1 aliphatic carbocycles. The minimum atomic E-state index is 0.378. The highest BCUT2D eigenvalue weighted by Gasteiger charge is 2.28. The smallest absolute Gasteiger partial charge is 0.136 e. The Labute approximate surface area is 88.3 Å². The normalized spacial score (nSPS) is 33.4. The second kappa shape index (κ2) is 4.95. The van der Waals surface area contributed by atoms with Gasteiger partial charge in [0.15, 0.2) is 0 Å². The van der Waals surface area contributed by atoms with E-state index in [1.165, 1.54) is 6.42 Å². The summed E-state index contributed by atoms with van der Waals surface area (Å²) in [5.74, 6) is 2.97. The molecule has 1 heteroatoms. The van der Waals surface area contributed by atoms with Crippen LogP contribution >= 0.6 is 0 Å². The number of rotatable bonds is 3. The van der Waals surface area contributed by atoms with E-state index in [9.17, 15) is 4.79 Å². The van der Waals surface area contributed by atoms with Crippen LogP contribution in [0.15, 0.2) is 0 Å². The maximum Gasteiger partial charge on any atom is 0.136 e. The molecule has 0 spiro atoms. The van der Waals surface area contributed by atoms with Crippen molar-refractivity contribution < 1.29 is 4.79 Å². The third-order valence-electron chi connectivity index (χ3n) is 3.66. The van der Waals surface area contributed by atoms with E-state index in [1.54, 1.807) is 0 Å². The Morgan fingerprint density at radius 2 is 1.86 bits per heavy atom. The van der Waals surface area contributed by atoms with Gasteiger partial charge >= 0.3 is 0 Å². The topological polar surface area (TPSA) is 17.1 Å². The van der Waals surface area contributed by atoms with Crippen molar-refractivity contribution in [3.63, 3.8) is 0 Å². The van der Waals surface area contributed by atoms with Crippen LogP contribution in [-0.2, 0) is 4.79 Å². The molecular weight excluding hydrogens is 172 g/mol. The Morgan fingerprint density at radius 1 is 1.21 bits per heavy atom. The molecule has 0 saturated heterocycles. The average Bonchev–Trinajstić information content (AvgIpc) is 2.08. The van der Waals surface area contributed by atoms with Gasteiger partial charge in [-0.25, -0.2) is 0 Å². The molecule has 1 rings (SSSR count). The Morgan fingerprint density at radius 3 is 2.36 bits per heavy atom. The zero-order valence-electron chi connectivity index (χ0n) is 10.0. The van der Waals surface area contributed by atoms with E-state index in [-0.39, 0.29) is 0 Å². The van der Waals surface area contributed by atoms with Crippen LogP contribution in [-0.4, -0.2) is 5.78 Å². The summed E-state index contributed by atoms with van der Waals surface area (Å²) in [6.07, 6.45) is 4.30. The lowest BCUT2D eigenvalue weighted by molar-refractivity contribution is -0.125. The third kappa shape index (κ3) is 3.11. The summed E-state index contributed by atoms with van der Waals surface area (Å²) in [5, 5.41) is 0. The molecule has 3 unspecified atom stereocenters. The standard InChI is InChI=1S/C13H24O/c1-9(2)7-13(14)12-6-5-10(3)11(4)8-12/h9-12H,5-8H2,1-4H3. The van der Waals surface area contributed by atoms with Gasteiger partial charge in [0.05, 0.1) is 0 Å². The minimum Gasteiger partial charge on any atom is -0.299 e. The van der Waals surface area contributed by atoms with Gasteiger partial charge in [0.2, 0.25) is 0 Å². The second-order valence-corrected chi connectivity index (χ2v) is 5.53. The van der Waals surface area contributed by atoms with Crippen molar-refractivity contribution >= 4 is 5.78 Å². The van der Waals surface area contributed by atoms with Gasteiger partial charge in [-0.1, -0.05) is 27.7 Å². The predicted octanol–water partition coefficient (Wildman–Crippen LogP) is 3.67. The molecule has 14 heavy (non-hydrogen) atoms. The van der Waals surface area contributed by atoms with Crippen LogP contribution in [0.2, 0.25) is 0 Å². The average molecular weight is 196 g/mol. The van der Waals surface area contributed by atoms with Crippen LogP contribution in [0, 0.1) is 23.7 Å². The zero-order valence-corrected chi connectivity index (χ0v) is 10.0. The highest BCUT2D eigenvalue weighted by atomic mass is 16.1. The van der Waals surface area contributed by atoms with Gasteiger partial charge in [-0.15, -0.1) is 0 Å². The van der Waals surface area contributed by atoms with Crippen LogP contribution in [0.1, 0.15) is 53.4 Å². The molecule has 0 aromatic rings. The van der Waals surface area contributed by atoms with E-state index in [0.29, 0.717) is 17.6 Å². The fourth-order valence-corrected chi connectivity index (χ4v) is 2.41. The molecule has 3 atom stereocenters. The summed E-state index contributed by atoms with van der Waals surface area (Å²) in [6.45, 7) is 8.87. The molecule has 1 aliphatic rings. The molecule has 0 bridgehead atoms. The highest BCUT2D eigenvalue weighted by Crippen LogP contribution is 2.34. The van der Waals surface area contributed by atoms with E-state index >= 15 is 0 Å². The number of carbonyl (C=O) groups excluding carboxylic acids is 1. The lowest BCUT2D eigenvalue weighted by atomic mass is 9.73. The van der Waals surface area contributed by atoms with Crippen LogP contribution in [0.5, 0.6) is 0 Å². The number of Topliss-reactive ketones (excluding diaryl/α,β-unsaturated/α-hetero) is 1. The first-order valence-corrected chi connectivity index (χ1v) is 6.03. The van der Waals surface area contributed by atoms with Crippen LogP contribution < -0.4 is 0 Å². The van der Waals surface area contributed by atoms with Crippen molar-refractivity contribution in [3.8, 4) is 0 Å². The van der Waals surface area contributed by atoms with Crippen molar-refractivity contribution in [1.29, 1.82) is 0 Å². The van der Waals surface area contributed by atoms with Crippen molar-refractivity contribution in [2.75, 3.05) is 0 Å². The maximum absolute atomic E-state index is 11.9. The number of hydrogen-bond donors (Lipinski definition) is 0. The van der Waals surface area contributed by atoms with E-state index in [1.807, 2.05) is 0 Å². The largest absolute Gasteiger partial charge is 0.299 e. The first kappa shape index (κ1) is 11.7. The Bertz CT molecular complexity index is 195. The molecule has 1 saturated carbocycles. The summed E-state index contributed by atoms with van der Waals surface area (Å²) in [5.41, 5.74) is 0.